The summed E-state index contributed by atoms with van der Waals surface area (Å²) in [5.41, 5.74) is 0. The maximum absolute atomic E-state index is 11.4. The van der Waals surface area contributed by atoms with Crippen LogP contribution in [0.3, 0.4) is 0 Å². The van der Waals surface area contributed by atoms with Gasteiger partial charge < -0.3 is 113 Å². The van der Waals surface area contributed by atoms with Crippen molar-refractivity contribution in [1.29, 1.82) is 0 Å². The van der Waals surface area contributed by atoms with Gasteiger partial charge in [0.2, 0.25) is 11.6 Å². The maximum Gasteiger partial charge on any atom is 1.00 e. The second-order valence-corrected chi connectivity index (χ2v) is 12.7. The van der Waals surface area contributed by atoms with Gasteiger partial charge in [-0.25, -0.2) is 0 Å². The molecule has 0 aromatic rings. The molecule has 0 N–H and O–H groups in total. The second kappa shape index (κ2) is 35.9. The van der Waals surface area contributed by atoms with Crippen molar-refractivity contribution in [3.63, 3.8) is 0 Å². The molecule has 0 aliphatic heterocycles. The molecule has 0 radical (unpaired) electrons. The number of rotatable bonds is 12. The Morgan fingerprint density at radius 1 is 0.312 bits per heavy atom. The van der Waals surface area contributed by atoms with Crippen molar-refractivity contribution in [3.8, 4) is 0 Å². The molecule has 1 fully saturated rings. The Kier molecular flexibility index (Phi) is 68.1. The van der Waals surface area contributed by atoms with Crippen LogP contribution in [0.1, 0.15) is 19.3 Å². The molecule has 0 aromatic carbocycles. The third kappa shape index (κ3) is 35.0. The van der Waals surface area contributed by atoms with Crippen LogP contribution in [0, 0.1) is 0 Å². The largest absolute Gasteiger partial charge is 1.00 e. The van der Waals surface area contributed by atoms with Gasteiger partial charge in [0.1, 0.15) is 0 Å². The van der Waals surface area contributed by atoms with Crippen molar-refractivity contribution in [3.05, 3.63) is 0 Å². The van der Waals surface area contributed by atoms with E-state index >= 15 is 0 Å². The molecular formula is C6H6Na12O24P6. The Morgan fingerprint density at radius 2 is 0.458 bits per heavy atom. The molecule has 216 valence electrons. The zero-order valence-corrected chi connectivity index (χ0v) is 57.5. The third-order valence-electron chi connectivity index (χ3n) is 3.53. The minimum Gasteiger partial charge on any atom is -0.790 e. The first-order valence-electron chi connectivity index (χ1n) is 7.81. The van der Waals surface area contributed by atoms with Crippen LogP contribution in [0.25, 0.3) is 0 Å². The van der Waals surface area contributed by atoms with Crippen molar-refractivity contribution >= 4 is 46.9 Å². The van der Waals surface area contributed by atoms with Crippen LogP contribution in [0.2, 0.25) is 0 Å². The topological polar surface area (TPSA) is 435 Å². The minimum atomic E-state index is -7.33. The second-order valence-electron chi connectivity index (χ2n) is 6.21. The molecule has 42 heteroatoms. The van der Waals surface area contributed by atoms with Gasteiger partial charge in [0.15, 0.2) is 0 Å². The molecule has 1 rings (SSSR count). The molecule has 0 heterocycles. The van der Waals surface area contributed by atoms with Crippen molar-refractivity contribution in [2.45, 2.75) is 36.6 Å². The fraction of sp³-hybridized carbons (Fsp3) is 1.00. The summed E-state index contributed by atoms with van der Waals surface area (Å²) >= 11 is 0. The molecule has 1 aliphatic carbocycles. The Balaban J connectivity index is -0.000000108. The van der Waals surface area contributed by atoms with Gasteiger partial charge in [-0.1, -0.05) is 0 Å². The summed E-state index contributed by atoms with van der Waals surface area (Å²) in [6.07, 6.45) is -5.40. The van der Waals surface area contributed by atoms with Gasteiger partial charge in [-0.3, -0.25) is 0 Å². The predicted molar refractivity (Wildman–Crippen MR) is 74.2 cm³/mol. The Hall–Kier alpha value is 12.7. The molecule has 0 bridgehead atoms. The van der Waals surface area contributed by atoms with E-state index in [0.29, 0.717) is 0 Å². The molecule has 24 nitrogen and oxygen atoms in total. The van der Waals surface area contributed by atoms with E-state index in [-0.39, 0.29) is 355 Å². The molecule has 0 saturated heterocycles. The zero-order chi connectivity index (χ0) is 28.9. The van der Waals surface area contributed by atoms with Gasteiger partial charge >= 0.3 is 355 Å². The monoisotopic (exact) mass is 924 g/mol. The molecule has 0 spiro atoms. The summed E-state index contributed by atoms with van der Waals surface area (Å²) in [5, 5.41) is 0. The summed E-state index contributed by atoms with van der Waals surface area (Å²) in [5.74, 6) is -15.8. The first-order chi connectivity index (χ1) is 15.4. The van der Waals surface area contributed by atoms with Crippen LogP contribution in [0.5, 0.6) is 0 Å². The quantitative estimate of drug-likeness (QED) is 0.0996. The van der Waals surface area contributed by atoms with E-state index in [0.717, 1.165) is 0 Å². The van der Waals surface area contributed by atoms with Crippen molar-refractivity contribution in [2.24, 2.45) is 0 Å². The normalized spacial score (nSPS) is 16.0. The maximum atomic E-state index is 11.4. The number of phosphoric ester groups is 6. The van der Waals surface area contributed by atoms with Gasteiger partial charge in [0.05, 0.1) is 46.9 Å². The SMILES string of the molecule is O=P([O-])([O-])OC1(OP(=O)([O-])[O-])CCCC(OP(=O)([O-])[O-])(OP(=O)([O-])[O-])C1(OP(=O)([O-])[O-])OP(=O)([O-])[O-].[Na+].[Na+].[Na+].[Na+].[Na+].[Na+].[Na+].[Na+].[Na+].[Na+].[Na+].[Na+]. The summed E-state index contributed by atoms with van der Waals surface area (Å²) in [4.78, 5) is 136. The summed E-state index contributed by atoms with van der Waals surface area (Å²) < 4.78 is 88.6. The average Bonchev–Trinajstić information content (AvgIpc) is 2.42. The Morgan fingerprint density at radius 3 is 0.583 bits per heavy atom. The number of hydrogen-bond acceptors (Lipinski definition) is 24. The predicted octanol–water partition coefficient (Wildman–Crippen LogP) is -45.6. The first kappa shape index (κ1) is 91.2. The van der Waals surface area contributed by atoms with Gasteiger partial charge in [0.25, 0.3) is 5.79 Å². The van der Waals surface area contributed by atoms with Crippen molar-refractivity contribution < 1.29 is 468 Å². The summed E-state index contributed by atoms with van der Waals surface area (Å²) in [6.45, 7) is 0. The smallest absolute Gasteiger partial charge is 0.790 e. The molecule has 0 aromatic heterocycles. The van der Waals surface area contributed by atoms with Crippen LogP contribution >= 0.6 is 46.9 Å². The van der Waals surface area contributed by atoms with E-state index in [4.69, 9.17) is 0 Å². The van der Waals surface area contributed by atoms with Gasteiger partial charge in [-0.05, 0) is 6.42 Å². The van der Waals surface area contributed by atoms with Crippen LogP contribution < -0.4 is 413 Å². The summed E-state index contributed by atoms with van der Waals surface area (Å²) in [7, 11) is -43.0. The zero-order valence-electron chi connectivity index (χ0n) is 28.1. The molecule has 1 saturated carbocycles. The van der Waals surface area contributed by atoms with Gasteiger partial charge in [-0.15, -0.1) is 0 Å². The summed E-state index contributed by atoms with van der Waals surface area (Å²) in [6, 6.07) is 0. The molecule has 0 atom stereocenters. The van der Waals surface area contributed by atoms with Gasteiger partial charge in [-0.2, -0.15) is 0 Å². The van der Waals surface area contributed by atoms with E-state index in [2.05, 4.69) is 27.1 Å². The van der Waals surface area contributed by atoms with E-state index in [1.807, 2.05) is 0 Å². The molecular weight excluding hydrogens is 918 g/mol. The van der Waals surface area contributed by atoms with E-state index in [9.17, 15) is 86.1 Å². The first-order valence-corrected chi connectivity index (χ1v) is 16.6. The van der Waals surface area contributed by atoms with E-state index < -0.39 is 83.6 Å². The molecule has 0 amide bonds. The molecule has 48 heavy (non-hydrogen) atoms. The van der Waals surface area contributed by atoms with Gasteiger partial charge in [0, 0.05) is 12.8 Å². The Bertz CT molecular complexity index is 993. The van der Waals surface area contributed by atoms with Crippen LogP contribution in [-0.4, -0.2) is 17.4 Å². The van der Waals surface area contributed by atoms with Crippen LogP contribution in [0.4, 0.5) is 0 Å². The minimum absolute atomic E-state index is 0. The van der Waals surface area contributed by atoms with E-state index in [1.54, 1.807) is 0 Å². The van der Waals surface area contributed by atoms with E-state index in [1.165, 1.54) is 0 Å². The number of phosphoric acid groups is 6. The Labute approximate surface area is 538 Å². The standard InChI is InChI=1S/C6H18O24P6.12Na/c7-31(8,9)25-4(26-32(10,11)12)2-1-3-5(27-33(13,14)15,28-34(16,17)18)6(4,29-35(19,20)21)30-36(22,23)24;;;;;;;;;;;;/h1-3H2,(H2,7,8,9)(H2,10,11,12)(H2,13,14,15)(H2,16,17,18)(H2,19,20,21)(H2,22,23,24);;;;;;;;;;;;/q;12*+1/p-12. The van der Waals surface area contributed by atoms with Crippen LogP contribution in [0.15, 0.2) is 0 Å². The third-order valence-corrected chi connectivity index (χ3v) is 6.57. The number of hydrogen-bond donors (Lipinski definition) is 0. The van der Waals surface area contributed by atoms with Crippen molar-refractivity contribution in [2.75, 3.05) is 0 Å². The van der Waals surface area contributed by atoms with Crippen LogP contribution in [-0.2, 0) is 54.5 Å². The molecule has 1 aliphatic rings. The van der Waals surface area contributed by atoms with Crippen molar-refractivity contribution in [1.82, 2.24) is 0 Å². The molecule has 0 unspecified atom stereocenters. The fourth-order valence-corrected chi connectivity index (χ4v) is 6.84. The fourth-order valence-electron chi connectivity index (χ4n) is 2.96. The average molecular weight is 924 g/mol.